The molecular formula is C21H23BrN4OS. The van der Waals surface area contributed by atoms with Crippen LogP contribution in [0.15, 0.2) is 63.3 Å². The van der Waals surface area contributed by atoms with Crippen molar-refractivity contribution in [2.45, 2.75) is 37.6 Å². The Hall–Kier alpha value is -2.12. The first-order valence-corrected chi connectivity index (χ1v) is 10.9. The first kappa shape index (κ1) is 20.6. The van der Waals surface area contributed by atoms with Crippen LogP contribution in [0, 0.1) is 0 Å². The Kier molecular flexibility index (Phi) is 7.28. The van der Waals surface area contributed by atoms with Crippen molar-refractivity contribution in [2.24, 2.45) is 5.10 Å². The van der Waals surface area contributed by atoms with Crippen LogP contribution in [0.4, 0.5) is 0 Å². The van der Waals surface area contributed by atoms with Crippen molar-refractivity contribution in [3.05, 3.63) is 70.0 Å². The van der Waals surface area contributed by atoms with E-state index in [0.717, 1.165) is 32.5 Å². The maximum Gasteiger partial charge on any atom is 0.212 e. The number of halogens is 1. The monoisotopic (exact) mass is 458 g/mol. The molecule has 0 saturated carbocycles. The Morgan fingerprint density at radius 2 is 1.89 bits per heavy atom. The van der Waals surface area contributed by atoms with Gasteiger partial charge in [-0.2, -0.15) is 9.78 Å². The van der Waals surface area contributed by atoms with Crippen LogP contribution in [-0.2, 0) is 5.75 Å². The van der Waals surface area contributed by atoms with Crippen molar-refractivity contribution in [1.29, 1.82) is 0 Å². The van der Waals surface area contributed by atoms with Gasteiger partial charge in [-0.25, -0.2) is 0 Å². The van der Waals surface area contributed by atoms with Crippen LogP contribution < -0.4 is 4.74 Å². The van der Waals surface area contributed by atoms with E-state index in [1.807, 2.05) is 54.2 Å². The van der Waals surface area contributed by atoms with Crippen LogP contribution in [0.5, 0.6) is 5.75 Å². The third-order valence-corrected chi connectivity index (χ3v) is 5.48. The van der Waals surface area contributed by atoms with Gasteiger partial charge < -0.3 is 4.74 Å². The van der Waals surface area contributed by atoms with Crippen LogP contribution in [0.3, 0.4) is 0 Å². The molecule has 7 heteroatoms. The lowest BCUT2D eigenvalue weighted by Gasteiger charge is -2.08. The van der Waals surface area contributed by atoms with E-state index in [9.17, 15) is 0 Å². The summed E-state index contributed by atoms with van der Waals surface area (Å²) in [5, 5.41) is 14.2. The van der Waals surface area contributed by atoms with Crippen LogP contribution >= 0.6 is 27.7 Å². The van der Waals surface area contributed by atoms with Gasteiger partial charge in [-0.15, -0.1) is 10.2 Å². The zero-order valence-corrected chi connectivity index (χ0v) is 18.6. The summed E-state index contributed by atoms with van der Waals surface area (Å²) in [5.41, 5.74) is 2.15. The topological polar surface area (TPSA) is 52.3 Å². The van der Waals surface area contributed by atoms with Gasteiger partial charge in [0.05, 0.1) is 12.8 Å². The SMILES string of the molecule is CCOc1ccccc1/C=N/n1c(SCc2ccc(Br)cc2)nnc1C(C)C. The summed E-state index contributed by atoms with van der Waals surface area (Å²) in [5.74, 6) is 2.67. The smallest absolute Gasteiger partial charge is 0.212 e. The molecule has 1 aromatic heterocycles. The van der Waals surface area contributed by atoms with Crippen molar-refractivity contribution >= 4 is 33.9 Å². The number of nitrogens with zero attached hydrogens (tertiary/aromatic N) is 4. The molecule has 0 aliphatic carbocycles. The summed E-state index contributed by atoms with van der Waals surface area (Å²) < 4.78 is 8.59. The summed E-state index contributed by atoms with van der Waals surface area (Å²) >= 11 is 5.09. The Bertz CT molecular complexity index is 938. The molecule has 2 aromatic carbocycles. The van der Waals surface area contributed by atoms with Crippen LogP contribution in [-0.4, -0.2) is 27.7 Å². The number of hydrogen-bond acceptors (Lipinski definition) is 5. The van der Waals surface area contributed by atoms with Gasteiger partial charge >= 0.3 is 0 Å². The highest BCUT2D eigenvalue weighted by atomic mass is 79.9. The fourth-order valence-electron chi connectivity index (χ4n) is 2.56. The molecule has 3 rings (SSSR count). The number of thioether (sulfide) groups is 1. The molecule has 0 aliphatic rings. The maximum absolute atomic E-state index is 5.69. The van der Waals surface area contributed by atoms with Gasteiger partial charge in [0.15, 0.2) is 5.82 Å². The fourth-order valence-corrected chi connectivity index (χ4v) is 3.67. The second kappa shape index (κ2) is 9.89. The molecule has 5 nitrogen and oxygen atoms in total. The molecule has 0 amide bonds. The molecule has 0 fully saturated rings. The van der Waals surface area contributed by atoms with Gasteiger partial charge in [-0.1, -0.05) is 65.8 Å². The highest BCUT2D eigenvalue weighted by Crippen LogP contribution is 2.25. The summed E-state index contributed by atoms with van der Waals surface area (Å²) in [4.78, 5) is 0. The van der Waals surface area contributed by atoms with E-state index in [2.05, 4.69) is 57.2 Å². The third kappa shape index (κ3) is 5.23. The molecule has 1 heterocycles. The second-order valence-electron chi connectivity index (χ2n) is 6.44. The fraction of sp³-hybridized carbons (Fsp3) is 0.286. The average molecular weight is 459 g/mol. The third-order valence-electron chi connectivity index (χ3n) is 3.96. The number of hydrogen-bond donors (Lipinski definition) is 0. The van der Waals surface area contributed by atoms with Gasteiger partial charge in [0.1, 0.15) is 5.75 Å². The van der Waals surface area contributed by atoms with E-state index in [4.69, 9.17) is 4.74 Å². The zero-order valence-electron chi connectivity index (χ0n) is 16.2. The molecule has 28 heavy (non-hydrogen) atoms. The minimum Gasteiger partial charge on any atom is -0.493 e. The molecular weight excluding hydrogens is 436 g/mol. The molecule has 0 bridgehead atoms. The molecule has 0 radical (unpaired) electrons. The van der Waals surface area contributed by atoms with Crippen molar-refractivity contribution < 1.29 is 4.74 Å². The number of para-hydroxylation sites is 1. The minimum atomic E-state index is 0.216. The molecule has 146 valence electrons. The van der Waals surface area contributed by atoms with E-state index >= 15 is 0 Å². The predicted molar refractivity (Wildman–Crippen MR) is 118 cm³/mol. The van der Waals surface area contributed by atoms with Crippen molar-refractivity contribution in [1.82, 2.24) is 14.9 Å². The number of aromatic nitrogens is 3. The summed E-state index contributed by atoms with van der Waals surface area (Å²) in [6.07, 6.45) is 1.81. The van der Waals surface area contributed by atoms with E-state index in [-0.39, 0.29) is 5.92 Å². The van der Waals surface area contributed by atoms with Crippen molar-refractivity contribution in [3.63, 3.8) is 0 Å². The number of benzene rings is 2. The van der Waals surface area contributed by atoms with E-state index < -0.39 is 0 Å². The lowest BCUT2D eigenvalue weighted by atomic mass is 10.2. The van der Waals surface area contributed by atoms with E-state index in [0.29, 0.717) is 6.61 Å². The minimum absolute atomic E-state index is 0.216. The molecule has 0 aliphatic heterocycles. The molecule has 0 spiro atoms. The van der Waals surface area contributed by atoms with Gasteiger partial charge in [-0.3, -0.25) is 0 Å². The number of ether oxygens (including phenoxy) is 1. The Morgan fingerprint density at radius 3 is 2.61 bits per heavy atom. The zero-order chi connectivity index (χ0) is 19.9. The standard InChI is InChI=1S/C21H23BrN4OS/c1-4-27-19-8-6-5-7-17(19)13-23-26-20(15(2)3)24-25-21(26)28-14-16-9-11-18(22)12-10-16/h5-13,15H,4,14H2,1-3H3/b23-13+. The summed E-state index contributed by atoms with van der Waals surface area (Å²) in [6, 6.07) is 16.2. The quantitative estimate of drug-likeness (QED) is 0.319. The Morgan fingerprint density at radius 1 is 1.14 bits per heavy atom. The van der Waals surface area contributed by atoms with Crippen LogP contribution in [0.25, 0.3) is 0 Å². The van der Waals surface area contributed by atoms with E-state index in [1.54, 1.807) is 11.8 Å². The van der Waals surface area contributed by atoms with Gasteiger partial charge in [0.2, 0.25) is 5.16 Å². The molecule has 3 aromatic rings. The highest BCUT2D eigenvalue weighted by molar-refractivity contribution is 9.10. The maximum atomic E-state index is 5.69. The van der Waals surface area contributed by atoms with Crippen molar-refractivity contribution in [2.75, 3.05) is 6.61 Å². The van der Waals surface area contributed by atoms with Crippen LogP contribution in [0.2, 0.25) is 0 Å². The molecule has 0 unspecified atom stereocenters. The first-order chi connectivity index (χ1) is 13.6. The molecule has 0 N–H and O–H groups in total. The number of rotatable bonds is 8. The summed E-state index contributed by atoms with van der Waals surface area (Å²) in [6.45, 7) is 6.77. The lowest BCUT2D eigenvalue weighted by molar-refractivity contribution is 0.340. The molecule has 0 saturated heterocycles. The lowest BCUT2D eigenvalue weighted by Crippen LogP contribution is -2.03. The largest absolute Gasteiger partial charge is 0.493 e. The van der Waals surface area contributed by atoms with Gasteiger partial charge in [0.25, 0.3) is 0 Å². The predicted octanol–water partition coefficient (Wildman–Crippen LogP) is 5.74. The Balaban J connectivity index is 1.85. The van der Waals surface area contributed by atoms with Gasteiger partial charge in [0, 0.05) is 21.7 Å². The van der Waals surface area contributed by atoms with Gasteiger partial charge in [-0.05, 0) is 36.8 Å². The van der Waals surface area contributed by atoms with E-state index in [1.165, 1.54) is 5.56 Å². The summed E-state index contributed by atoms with van der Waals surface area (Å²) in [7, 11) is 0. The average Bonchev–Trinajstić information content (AvgIpc) is 3.10. The van der Waals surface area contributed by atoms with Crippen LogP contribution in [0.1, 0.15) is 43.6 Å². The highest BCUT2D eigenvalue weighted by Gasteiger charge is 2.15. The molecule has 0 atom stereocenters. The Labute approximate surface area is 178 Å². The van der Waals surface area contributed by atoms with Crippen molar-refractivity contribution in [3.8, 4) is 5.75 Å². The second-order valence-corrected chi connectivity index (χ2v) is 8.30. The normalized spacial score (nSPS) is 11.5. The first-order valence-electron chi connectivity index (χ1n) is 9.17.